The quantitative estimate of drug-likeness (QED) is 0.795. The van der Waals surface area contributed by atoms with Gasteiger partial charge in [-0.15, -0.1) is 0 Å². The van der Waals surface area contributed by atoms with Crippen molar-refractivity contribution >= 4 is 5.78 Å². The molecule has 0 atom stereocenters. The molecule has 19 heavy (non-hydrogen) atoms. The summed E-state index contributed by atoms with van der Waals surface area (Å²) in [5.74, 6) is -0.384. The van der Waals surface area contributed by atoms with Crippen LogP contribution in [-0.2, 0) is 12.6 Å². The van der Waals surface area contributed by atoms with Gasteiger partial charge < -0.3 is 0 Å². The number of rotatable bonds is 3. The Balaban J connectivity index is 2.20. The number of alkyl halides is 3. The van der Waals surface area contributed by atoms with E-state index in [1.807, 2.05) is 0 Å². The maximum absolute atomic E-state index is 12.5. The van der Waals surface area contributed by atoms with E-state index in [0.717, 1.165) is 12.1 Å². The Morgan fingerprint density at radius 2 is 1.89 bits per heavy atom. The molecule has 1 heterocycles. The predicted molar refractivity (Wildman–Crippen MR) is 63.7 cm³/mol. The summed E-state index contributed by atoms with van der Waals surface area (Å²) in [5.41, 5.74) is -0.246. The molecular weight excluding hydrogens is 255 g/mol. The molecule has 1 aromatic heterocycles. The second-order valence-electron chi connectivity index (χ2n) is 4.00. The number of nitrogens with zero attached hydrogens (tertiary/aromatic N) is 1. The predicted octanol–water partition coefficient (Wildman–Crippen LogP) is 3.53. The van der Waals surface area contributed by atoms with E-state index in [2.05, 4.69) is 4.98 Å². The van der Waals surface area contributed by atoms with Crippen LogP contribution in [0, 0.1) is 0 Å². The molecule has 5 heteroatoms. The summed E-state index contributed by atoms with van der Waals surface area (Å²) in [4.78, 5) is 15.9. The monoisotopic (exact) mass is 265 g/mol. The highest BCUT2D eigenvalue weighted by Crippen LogP contribution is 2.29. The van der Waals surface area contributed by atoms with Crippen molar-refractivity contribution in [1.82, 2.24) is 4.98 Å². The van der Waals surface area contributed by atoms with E-state index >= 15 is 0 Å². The fourth-order valence-electron chi connectivity index (χ4n) is 1.64. The number of ketones is 1. The van der Waals surface area contributed by atoms with Crippen LogP contribution in [0.25, 0.3) is 0 Å². The van der Waals surface area contributed by atoms with Crippen LogP contribution in [0.4, 0.5) is 13.2 Å². The molecule has 0 fully saturated rings. The van der Waals surface area contributed by atoms with Crippen molar-refractivity contribution in [2.24, 2.45) is 0 Å². The van der Waals surface area contributed by atoms with Gasteiger partial charge in [0.2, 0.25) is 0 Å². The molecule has 0 amide bonds. The van der Waals surface area contributed by atoms with Crippen LogP contribution in [0.1, 0.15) is 21.6 Å². The largest absolute Gasteiger partial charge is 0.416 e. The summed E-state index contributed by atoms with van der Waals surface area (Å²) >= 11 is 0. The third-order valence-electron chi connectivity index (χ3n) is 2.58. The molecule has 0 aliphatic rings. The van der Waals surface area contributed by atoms with E-state index in [0.29, 0.717) is 5.69 Å². The highest BCUT2D eigenvalue weighted by Gasteiger charge is 2.30. The molecule has 0 unspecified atom stereocenters. The maximum atomic E-state index is 12.5. The van der Waals surface area contributed by atoms with Crippen molar-refractivity contribution < 1.29 is 18.0 Å². The number of benzene rings is 1. The Kier molecular flexibility index (Phi) is 3.64. The lowest BCUT2D eigenvalue weighted by molar-refractivity contribution is -0.137. The summed E-state index contributed by atoms with van der Waals surface area (Å²) in [6.07, 6.45) is -2.92. The third-order valence-corrected chi connectivity index (χ3v) is 2.58. The molecule has 0 radical (unpaired) electrons. The zero-order chi connectivity index (χ0) is 13.9. The van der Waals surface area contributed by atoms with E-state index in [1.165, 1.54) is 18.3 Å². The minimum absolute atomic E-state index is 0.0118. The molecule has 0 spiro atoms. The lowest BCUT2D eigenvalue weighted by atomic mass is 10.0. The summed E-state index contributed by atoms with van der Waals surface area (Å²) in [7, 11) is 0. The normalized spacial score (nSPS) is 11.3. The highest BCUT2D eigenvalue weighted by atomic mass is 19.4. The molecule has 0 aliphatic heterocycles. The first-order valence-electron chi connectivity index (χ1n) is 5.57. The third kappa shape index (κ3) is 3.40. The number of halogens is 3. The minimum atomic E-state index is -4.44. The van der Waals surface area contributed by atoms with Crippen LogP contribution in [0.5, 0.6) is 0 Å². The van der Waals surface area contributed by atoms with Crippen LogP contribution in [0.2, 0.25) is 0 Å². The number of pyridine rings is 1. The molecule has 0 aliphatic carbocycles. The Hall–Kier alpha value is -2.17. The number of Topliss-reactive ketones (excluding diaryl/α,β-unsaturated/α-hetero) is 1. The van der Waals surface area contributed by atoms with Crippen LogP contribution in [0.15, 0.2) is 48.7 Å². The molecule has 0 N–H and O–H groups in total. The van der Waals surface area contributed by atoms with Gasteiger partial charge in [0.05, 0.1) is 12.0 Å². The Morgan fingerprint density at radius 1 is 1.11 bits per heavy atom. The minimum Gasteiger partial charge on any atom is -0.294 e. The molecule has 2 rings (SSSR count). The van der Waals surface area contributed by atoms with E-state index in [4.69, 9.17) is 0 Å². The average molecular weight is 265 g/mol. The number of aromatic nitrogens is 1. The van der Waals surface area contributed by atoms with Crippen molar-refractivity contribution in [2.45, 2.75) is 12.6 Å². The lowest BCUT2D eigenvalue weighted by Gasteiger charge is -2.08. The Morgan fingerprint density at radius 3 is 2.53 bits per heavy atom. The molecule has 2 aromatic rings. The molecular formula is C14H10F3NO. The van der Waals surface area contributed by atoms with E-state index in [1.54, 1.807) is 18.2 Å². The Labute approximate surface area is 107 Å². The van der Waals surface area contributed by atoms with Gasteiger partial charge >= 0.3 is 6.18 Å². The average Bonchev–Trinajstić information content (AvgIpc) is 2.39. The van der Waals surface area contributed by atoms with E-state index < -0.39 is 11.7 Å². The van der Waals surface area contributed by atoms with Crippen molar-refractivity contribution in [2.75, 3.05) is 0 Å². The van der Waals surface area contributed by atoms with Crippen molar-refractivity contribution in [3.63, 3.8) is 0 Å². The second-order valence-corrected chi connectivity index (χ2v) is 4.00. The summed E-state index contributed by atoms with van der Waals surface area (Å²) in [6.45, 7) is 0. The van der Waals surface area contributed by atoms with Crippen LogP contribution >= 0.6 is 0 Å². The van der Waals surface area contributed by atoms with Gasteiger partial charge in [-0.05, 0) is 24.3 Å². The maximum Gasteiger partial charge on any atom is 0.416 e. The molecule has 1 aromatic carbocycles. The summed E-state index contributed by atoms with van der Waals surface area (Å²) in [6, 6.07) is 9.50. The van der Waals surface area contributed by atoms with Gasteiger partial charge in [0, 0.05) is 17.5 Å². The Bertz CT molecular complexity index is 579. The van der Waals surface area contributed by atoms with Crippen molar-refractivity contribution in [1.29, 1.82) is 0 Å². The topological polar surface area (TPSA) is 30.0 Å². The smallest absolute Gasteiger partial charge is 0.294 e. The van der Waals surface area contributed by atoms with Crippen LogP contribution in [0.3, 0.4) is 0 Å². The van der Waals surface area contributed by atoms with Crippen LogP contribution in [-0.4, -0.2) is 10.8 Å². The highest BCUT2D eigenvalue weighted by molar-refractivity contribution is 5.97. The zero-order valence-corrected chi connectivity index (χ0v) is 9.82. The standard InChI is InChI=1S/C14H10F3NO/c15-14(16,17)11-5-3-4-10(8-11)13(19)9-12-6-1-2-7-18-12/h1-8H,9H2. The van der Waals surface area contributed by atoms with Gasteiger partial charge in [-0.1, -0.05) is 18.2 Å². The van der Waals surface area contributed by atoms with E-state index in [-0.39, 0.29) is 17.8 Å². The fourth-order valence-corrected chi connectivity index (χ4v) is 1.64. The van der Waals surface area contributed by atoms with Gasteiger partial charge in [-0.2, -0.15) is 13.2 Å². The number of carbonyl (C=O) groups excluding carboxylic acids is 1. The summed E-state index contributed by atoms with van der Waals surface area (Å²) in [5, 5.41) is 0. The van der Waals surface area contributed by atoms with Gasteiger partial charge in [-0.3, -0.25) is 9.78 Å². The molecule has 0 saturated carbocycles. The van der Waals surface area contributed by atoms with Gasteiger partial charge in [0.1, 0.15) is 0 Å². The number of carbonyl (C=O) groups is 1. The van der Waals surface area contributed by atoms with Crippen LogP contribution < -0.4 is 0 Å². The first-order valence-corrected chi connectivity index (χ1v) is 5.57. The first kappa shape index (κ1) is 13.3. The molecule has 2 nitrogen and oxygen atoms in total. The number of hydrogen-bond donors (Lipinski definition) is 0. The van der Waals surface area contributed by atoms with Gasteiger partial charge in [0.15, 0.2) is 5.78 Å². The van der Waals surface area contributed by atoms with E-state index in [9.17, 15) is 18.0 Å². The number of hydrogen-bond acceptors (Lipinski definition) is 2. The molecule has 0 saturated heterocycles. The van der Waals surface area contributed by atoms with Gasteiger partial charge in [-0.25, -0.2) is 0 Å². The van der Waals surface area contributed by atoms with Crippen molar-refractivity contribution in [3.8, 4) is 0 Å². The fraction of sp³-hybridized carbons (Fsp3) is 0.143. The van der Waals surface area contributed by atoms with Crippen molar-refractivity contribution in [3.05, 3.63) is 65.5 Å². The molecule has 98 valence electrons. The lowest BCUT2D eigenvalue weighted by Crippen LogP contribution is -2.09. The summed E-state index contributed by atoms with van der Waals surface area (Å²) < 4.78 is 37.6. The van der Waals surface area contributed by atoms with Gasteiger partial charge in [0.25, 0.3) is 0 Å². The first-order chi connectivity index (χ1) is 8.97. The molecule has 0 bridgehead atoms. The zero-order valence-electron chi connectivity index (χ0n) is 9.82. The second kappa shape index (κ2) is 5.22. The SMILES string of the molecule is O=C(Cc1ccccn1)c1cccc(C(F)(F)F)c1.